The van der Waals surface area contributed by atoms with Gasteiger partial charge in [-0.1, -0.05) is 22.0 Å². The summed E-state index contributed by atoms with van der Waals surface area (Å²) >= 11 is 4.95. The highest BCUT2D eigenvalue weighted by Gasteiger charge is 2.32. The van der Waals surface area contributed by atoms with Crippen LogP contribution in [0.3, 0.4) is 0 Å². The van der Waals surface area contributed by atoms with Gasteiger partial charge >= 0.3 is 0 Å². The van der Waals surface area contributed by atoms with Gasteiger partial charge in [0.2, 0.25) is 0 Å². The van der Waals surface area contributed by atoms with Crippen molar-refractivity contribution in [2.24, 2.45) is 0 Å². The van der Waals surface area contributed by atoms with E-state index in [-0.39, 0.29) is 11.6 Å². The molecule has 22 heavy (non-hydrogen) atoms. The average Bonchev–Trinajstić information content (AvgIpc) is 3.12. The van der Waals surface area contributed by atoms with Crippen molar-refractivity contribution in [3.8, 4) is 0 Å². The third kappa shape index (κ3) is 3.56. The number of nitrogens with one attached hydrogen (secondary N) is 2. The van der Waals surface area contributed by atoms with Crippen LogP contribution >= 0.6 is 27.3 Å². The van der Waals surface area contributed by atoms with Crippen molar-refractivity contribution in [2.45, 2.75) is 18.9 Å². The number of hydrogen-bond acceptors (Lipinski definition) is 2. The third-order valence-corrected chi connectivity index (χ3v) is 5.44. The quantitative estimate of drug-likeness (QED) is 0.835. The molecule has 1 aliphatic rings. The number of hydrogen-bond donors (Lipinski definition) is 2. The highest BCUT2D eigenvalue weighted by atomic mass is 79.9. The van der Waals surface area contributed by atoms with Crippen molar-refractivity contribution in [1.82, 2.24) is 0 Å². The van der Waals surface area contributed by atoms with E-state index in [1.807, 2.05) is 6.07 Å². The Morgan fingerprint density at radius 3 is 3.05 bits per heavy atom. The third-order valence-electron chi connectivity index (χ3n) is 3.96. The van der Waals surface area contributed by atoms with E-state index in [0.29, 0.717) is 17.1 Å². The zero-order valence-electron chi connectivity index (χ0n) is 11.9. The van der Waals surface area contributed by atoms with Gasteiger partial charge in [-0.25, -0.2) is 4.39 Å². The lowest BCUT2D eigenvalue weighted by Crippen LogP contribution is -3.11. The average molecular weight is 384 g/mol. The molecule has 1 fully saturated rings. The SMILES string of the molecule is O=C(C[NH+]1CCC[C@@H]1c1cccs1)Nc1ccc(Br)cc1F. The van der Waals surface area contributed by atoms with Crippen molar-refractivity contribution in [1.29, 1.82) is 0 Å². The van der Waals surface area contributed by atoms with Gasteiger partial charge in [0.1, 0.15) is 11.9 Å². The maximum atomic E-state index is 13.8. The number of amides is 1. The number of quaternary nitrogens is 1. The Morgan fingerprint density at radius 2 is 2.32 bits per heavy atom. The second-order valence-electron chi connectivity index (χ2n) is 5.47. The van der Waals surface area contributed by atoms with Crippen molar-refractivity contribution in [3.05, 3.63) is 50.9 Å². The fourth-order valence-electron chi connectivity index (χ4n) is 2.95. The Morgan fingerprint density at radius 1 is 1.45 bits per heavy atom. The van der Waals surface area contributed by atoms with Crippen LogP contribution in [0.25, 0.3) is 0 Å². The highest BCUT2D eigenvalue weighted by Crippen LogP contribution is 2.23. The van der Waals surface area contributed by atoms with Crippen LogP contribution < -0.4 is 10.2 Å². The smallest absolute Gasteiger partial charge is 0.279 e. The highest BCUT2D eigenvalue weighted by molar-refractivity contribution is 9.10. The molecule has 116 valence electrons. The predicted molar refractivity (Wildman–Crippen MR) is 89.7 cm³/mol. The standard InChI is InChI=1S/C16H16BrFN2OS/c17-11-5-6-13(12(18)9-11)19-16(21)10-20-7-1-3-14(20)15-4-2-8-22-15/h2,4-6,8-9,14H,1,3,7,10H2,(H,19,21)/p+1/t14-/m1/s1. The maximum Gasteiger partial charge on any atom is 0.279 e. The molecule has 2 aromatic rings. The first-order valence-corrected chi connectivity index (χ1v) is 8.93. The number of carbonyl (C=O) groups excluding carboxylic acids is 1. The molecule has 3 nitrogen and oxygen atoms in total. The number of anilines is 1. The van der Waals surface area contributed by atoms with E-state index >= 15 is 0 Å². The fraction of sp³-hybridized carbons (Fsp3) is 0.312. The molecule has 0 bridgehead atoms. The predicted octanol–water partition coefficient (Wildman–Crippen LogP) is 3.01. The minimum atomic E-state index is -0.422. The van der Waals surface area contributed by atoms with Gasteiger partial charge in [0.25, 0.3) is 5.91 Å². The molecule has 1 saturated heterocycles. The van der Waals surface area contributed by atoms with E-state index in [2.05, 4.69) is 32.7 Å². The molecule has 1 aliphatic heterocycles. The summed E-state index contributed by atoms with van der Waals surface area (Å²) in [4.78, 5) is 14.8. The van der Waals surface area contributed by atoms with Crippen LogP contribution in [0.2, 0.25) is 0 Å². The van der Waals surface area contributed by atoms with Gasteiger partial charge in [-0.2, -0.15) is 0 Å². The summed E-state index contributed by atoms with van der Waals surface area (Å²) in [6.07, 6.45) is 2.23. The Kier molecular flexibility index (Phi) is 4.90. The molecule has 0 radical (unpaired) electrons. The molecule has 1 amide bonds. The molecule has 1 aromatic carbocycles. The molecule has 3 rings (SSSR count). The van der Waals surface area contributed by atoms with E-state index in [1.54, 1.807) is 23.5 Å². The van der Waals surface area contributed by atoms with Crippen molar-refractivity contribution in [3.63, 3.8) is 0 Å². The Balaban J connectivity index is 1.64. The molecule has 0 aliphatic carbocycles. The van der Waals surface area contributed by atoms with Gasteiger partial charge in [0.05, 0.1) is 17.1 Å². The molecule has 0 saturated carbocycles. The molecule has 1 aromatic heterocycles. The number of rotatable bonds is 4. The minimum Gasteiger partial charge on any atom is -0.320 e. The summed E-state index contributed by atoms with van der Waals surface area (Å²) in [6.45, 7) is 1.36. The van der Waals surface area contributed by atoms with Crippen LogP contribution in [-0.2, 0) is 4.79 Å². The second-order valence-corrected chi connectivity index (χ2v) is 7.36. The summed E-state index contributed by atoms with van der Waals surface area (Å²) in [5, 5.41) is 4.75. The number of likely N-dealkylation sites (tertiary alicyclic amines) is 1. The van der Waals surface area contributed by atoms with Crippen LogP contribution in [0.4, 0.5) is 10.1 Å². The lowest BCUT2D eigenvalue weighted by atomic mass is 10.2. The van der Waals surface area contributed by atoms with Crippen molar-refractivity contribution >= 4 is 38.9 Å². The normalized spacial score (nSPS) is 21.0. The first-order valence-electron chi connectivity index (χ1n) is 7.26. The molecule has 2 atom stereocenters. The Labute approximate surface area is 141 Å². The van der Waals surface area contributed by atoms with Gasteiger partial charge in [0.15, 0.2) is 6.54 Å². The minimum absolute atomic E-state index is 0.139. The lowest BCUT2D eigenvalue weighted by Gasteiger charge is -2.20. The van der Waals surface area contributed by atoms with Gasteiger partial charge < -0.3 is 10.2 Å². The molecular formula is C16H17BrFN2OS+. The number of halogens is 2. The van der Waals surface area contributed by atoms with E-state index in [0.717, 1.165) is 19.4 Å². The summed E-state index contributed by atoms with van der Waals surface area (Å²) in [7, 11) is 0. The monoisotopic (exact) mass is 383 g/mol. The number of benzene rings is 1. The molecule has 6 heteroatoms. The van der Waals surface area contributed by atoms with Gasteiger partial charge in [0, 0.05) is 17.3 Å². The van der Waals surface area contributed by atoms with Crippen LogP contribution in [0, 0.1) is 5.82 Å². The molecule has 2 heterocycles. The molecule has 0 spiro atoms. The summed E-state index contributed by atoms with van der Waals surface area (Å²) in [5.74, 6) is -0.561. The van der Waals surface area contributed by atoms with E-state index in [4.69, 9.17) is 0 Å². The van der Waals surface area contributed by atoms with E-state index < -0.39 is 5.82 Å². The van der Waals surface area contributed by atoms with Gasteiger partial charge in [-0.3, -0.25) is 4.79 Å². The largest absolute Gasteiger partial charge is 0.320 e. The van der Waals surface area contributed by atoms with Crippen LogP contribution in [0.15, 0.2) is 40.2 Å². The van der Waals surface area contributed by atoms with Gasteiger partial charge in [-0.05, 0) is 29.6 Å². The summed E-state index contributed by atoms with van der Waals surface area (Å²) < 4.78 is 14.4. The van der Waals surface area contributed by atoms with Gasteiger partial charge in [-0.15, -0.1) is 11.3 Å². The van der Waals surface area contributed by atoms with Crippen molar-refractivity contribution < 1.29 is 14.1 Å². The molecular weight excluding hydrogens is 367 g/mol. The van der Waals surface area contributed by atoms with E-state index in [1.165, 1.54) is 15.8 Å². The zero-order chi connectivity index (χ0) is 15.5. The number of thiophene rings is 1. The van der Waals surface area contributed by atoms with Crippen LogP contribution in [0.5, 0.6) is 0 Å². The Hall–Kier alpha value is -1.24. The summed E-state index contributed by atoms with van der Waals surface area (Å²) in [6, 6.07) is 9.22. The van der Waals surface area contributed by atoms with Crippen LogP contribution in [0.1, 0.15) is 23.8 Å². The first-order chi connectivity index (χ1) is 10.6. The number of carbonyl (C=O) groups is 1. The van der Waals surface area contributed by atoms with Crippen LogP contribution in [-0.4, -0.2) is 19.0 Å². The Bertz CT molecular complexity index is 662. The topological polar surface area (TPSA) is 33.5 Å². The first kappa shape index (κ1) is 15.6. The zero-order valence-corrected chi connectivity index (χ0v) is 14.3. The van der Waals surface area contributed by atoms with E-state index in [9.17, 15) is 9.18 Å². The fourth-order valence-corrected chi connectivity index (χ4v) is 4.20. The van der Waals surface area contributed by atoms with Crippen molar-refractivity contribution in [2.75, 3.05) is 18.4 Å². The summed E-state index contributed by atoms with van der Waals surface area (Å²) in [5.41, 5.74) is 0.236. The molecule has 2 N–H and O–H groups in total. The second kappa shape index (κ2) is 6.89. The molecule has 1 unspecified atom stereocenters. The maximum absolute atomic E-state index is 13.8. The lowest BCUT2D eigenvalue weighted by molar-refractivity contribution is -0.910.